The number of hydrogen-bond acceptors (Lipinski definition) is 4. The summed E-state index contributed by atoms with van der Waals surface area (Å²) in [6.07, 6.45) is 0. The summed E-state index contributed by atoms with van der Waals surface area (Å²) >= 11 is 5.88. The predicted octanol–water partition coefficient (Wildman–Crippen LogP) is 1.50. The standard InChI is InChI=1S/C18H27ClN4O2/c19-17-3-1-16(2-4-17)15-20-18(24)23-9-7-21(8-10-23)5-6-22-11-13-25-14-12-22/h1-4H,5-15H2,(H,20,24). The van der Waals surface area contributed by atoms with Crippen LogP contribution in [0.4, 0.5) is 4.79 Å². The van der Waals surface area contributed by atoms with Gasteiger partial charge in [-0.2, -0.15) is 0 Å². The van der Waals surface area contributed by atoms with E-state index in [9.17, 15) is 4.79 Å². The van der Waals surface area contributed by atoms with Gasteiger partial charge in [0, 0.05) is 63.9 Å². The Morgan fingerprint density at radius 2 is 1.56 bits per heavy atom. The second-order valence-corrected chi connectivity index (χ2v) is 7.00. The molecule has 0 unspecified atom stereocenters. The second-order valence-electron chi connectivity index (χ2n) is 6.57. The van der Waals surface area contributed by atoms with E-state index in [-0.39, 0.29) is 6.03 Å². The molecular formula is C18H27ClN4O2. The van der Waals surface area contributed by atoms with Crippen molar-refractivity contribution >= 4 is 17.6 Å². The van der Waals surface area contributed by atoms with Gasteiger partial charge in [0.1, 0.15) is 0 Å². The molecule has 0 saturated carbocycles. The van der Waals surface area contributed by atoms with E-state index < -0.39 is 0 Å². The van der Waals surface area contributed by atoms with Gasteiger partial charge in [0.05, 0.1) is 13.2 Å². The Bertz CT molecular complexity index is 541. The zero-order valence-corrected chi connectivity index (χ0v) is 15.4. The number of urea groups is 1. The van der Waals surface area contributed by atoms with Gasteiger partial charge >= 0.3 is 6.03 Å². The lowest BCUT2D eigenvalue weighted by atomic mass is 10.2. The van der Waals surface area contributed by atoms with E-state index in [0.717, 1.165) is 71.1 Å². The number of rotatable bonds is 5. The first kappa shape index (κ1) is 18.5. The Balaban J connectivity index is 1.33. The number of carbonyl (C=O) groups excluding carboxylic acids is 1. The van der Waals surface area contributed by atoms with Crippen molar-refractivity contribution in [2.24, 2.45) is 0 Å². The molecule has 0 aliphatic carbocycles. The largest absolute Gasteiger partial charge is 0.379 e. The maximum absolute atomic E-state index is 12.3. The van der Waals surface area contributed by atoms with Crippen molar-refractivity contribution in [2.45, 2.75) is 6.54 Å². The Hall–Kier alpha value is -1.34. The highest BCUT2D eigenvalue weighted by atomic mass is 35.5. The van der Waals surface area contributed by atoms with Gasteiger partial charge in [-0.15, -0.1) is 0 Å². The van der Waals surface area contributed by atoms with Gasteiger partial charge < -0.3 is 15.0 Å². The van der Waals surface area contributed by atoms with Crippen molar-refractivity contribution in [3.8, 4) is 0 Å². The quantitative estimate of drug-likeness (QED) is 0.858. The van der Waals surface area contributed by atoms with E-state index in [1.54, 1.807) is 0 Å². The summed E-state index contributed by atoms with van der Waals surface area (Å²) in [5, 5.41) is 3.70. The fourth-order valence-electron chi connectivity index (χ4n) is 3.17. The van der Waals surface area contributed by atoms with E-state index in [4.69, 9.17) is 16.3 Å². The average Bonchev–Trinajstić information content (AvgIpc) is 2.67. The number of hydrogen-bond donors (Lipinski definition) is 1. The summed E-state index contributed by atoms with van der Waals surface area (Å²) in [6, 6.07) is 7.58. The molecule has 0 spiro atoms. The smallest absolute Gasteiger partial charge is 0.317 e. The Morgan fingerprint density at radius 3 is 2.20 bits per heavy atom. The van der Waals surface area contributed by atoms with Crippen molar-refractivity contribution in [1.82, 2.24) is 20.0 Å². The highest BCUT2D eigenvalue weighted by Crippen LogP contribution is 2.09. The third-order valence-electron chi connectivity index (χ3n) is 4.85. The molecule has 2 heterocycles. The van der Waals surface area contributed by atoms with Crippen molar-refractivity contribution in [1.29, 1.82) is 0 Å². The maximum Gasteiger partial charge on any atom is 0.317 e. The topological polar surface area (TPSA) is 48.1 Å². The molecule has 2 amide bonds. The Morgan fingerprint density at radius 1 is 0.960 bits per heavy atom. The van der Waals surface area contributed by atoms with Gasteiger partial charge in [0.15, 0.2) is 0 Å². The number of amides is 2. The van der Waals surface area contributed by atoms with Gasteiger partial charge in [-0.3, -0.25) is 9.80 Å². The minimum atomic E-state index is 0.0165. The normalized spacial score (nSPS) is 19.8. The summed E-state index contributed by atoms with van der Waals surface area (Å²) < 4.78 is 5.38. The summed E-state index contributed by atoms with van der Waals surface area (Å²) in [6.45, 7) is 9.92. The van der Waals surface area contributed by atoms with Crippen LogP contribution in [0.2, 0.25) is 5.02 Å². The van der Waals surface area contributed by atoms with Crippen molar-refractivity contribution < 1.29 is 9.53 Å². The fourth-order valence-corrected chi connectivity index (χ4v) is 3.30. The molecule has 138 valence electrons. The van der Waals surface area contributed by atoms with E-state index >= 15 is 0 Å². The minimum Gasteiger partial charge on any atom is -0.379 e. The van der Waals surface area contributed by atoms with Crippen LogP contribution in [0.25, 0.3) is 0 Å². The number of nitrogens with one attached hydrogen (secondary N) is 1. The van der Waals surface area contributed by atoms with E-state index in [1.165, 1.54) is 0 Å². The lowest BCUT2D eigenvalue weighted by Crippen LogP contribution is -2.53. The van der Waals surface area contributed by atoms with Gasteiger partial charge in [-0.05, 0) is 17.7 Å². The molecule has 1 aromatic carbocycles. The van der Waals surface area contributed by atoms with Crippen LogP contribution in [-0.4, -0.2) is 86.3 Å². The summed E-state index contributed by atoms with van der Waals surface area (Å²) in [7, 11) is 0. The van der Waals surface area contributed by atoms with Crippen LogP contribution >= 0.6 is 11.6 Å². The average molecular weight is 367 g/mol. The van der Waals surface area contributed by atoms with E-state index in [2.05, 4.69) is 15.1 Å². The van der Waals surface area contributed by atoms with Crippen LogP contribution in [0.5, 0.6) is 0 Å². The minimum absolute atomic E-state index is 0.0165. The Kier molecular flexibility index (Phi) is 6.93. The molecule has 0 atom stereocenters. The molecule has 1 aromatic rings. The van der Waals surface area contributed by atoms with E-state index in [0.29, 0.717) is 11.6 Å². The molecule has 7 heteroatoms. The first-order valence-corrected chi connectivity index (χ1v) is 9.38. The van der Waals surface area contributed by atoms with Gasteiger partial charge in [0.25, 0.3) is 0 Å². The van der Waals surface area contributed by atoms with Crippen molar-refractivity contribution in [2.75, 3.05) is 65.6 Å². The maximum atomic E-state index is 12.3. The summed E-state index contributed by atoms with van der Waals surface area (Å²) in [4.78, 5) is 19.1. The summed E-state index contributed by atoms with van der Waals surface area (Å²) in [5.41, 5.74) is 1.06. The van der Waals surface area contributed by atoms with Gasteiger partial charge in [-0.1, -0.05) is 23.7 Å². The zero-order chi connectivity index (χ0) is 17.5. The zero-order valence-electron chi connectivity index (χ0n) is 14.6. The number of nitrogens with zero attached hydrogens (tertiary/aromatic N) is 3. The number of piperazine rings is 1. The number of halogens is 1. The van der Waals surface area contributed by atoms with Crippen molar-refractivity contribution in [3.63, 3.8) is 0 Å². The van der Waals surface area contributed by atoms with Crippen molar-refractivity contribution in [3.05, 3.63) is 34.9 Å². The highest BCUT2D eigenvalue weighted by molar-refractivity contribution is 6.30. The van der Waals surface area contributed by atoms with E-state index in [1.807, 2.05) is 29.2 Å². The third-order valence-corrected chi connectivity index (χ3v) is 5.10. The second kappa shape index (κ2) is 9.38. The first-order chi connectivity index (χ1) is 12.2. The number of benzene rings is 1. The summed E-state index contributed by atoms with van der Waals surface area (Å²) in [5.74, 6) is 0. The molecule has 3 rings (SSSR count). The lowest BCUT2D eigenvalue weighted by Gasteiger charge is -2.36. The van der Waals surface area contributed by atoms with Crippen LogP contribution in [0, 0.1) is 0 Å². The first-order valence-electron chi connectivity index (χ1n) is 9.00. The monoisotopic (exact) mass is 366 g/mol. The molecule has 0 radical (unpaired) electrons. The number of carbonyl (C=O) groups is 1. The van der Waals surface area contributed by atoms with Crippen LogP contribution in [0.15, 0.2) is 24.3 Å². The highest BCUT2D eigenvalue weighted by Gasteiger charge is 2.21. The number of morpholine rings is 1. The molecule has 0 aromatic heterocycles. The van der Waals surface area contributed by atoms with Crippen LogP contribution in [0.3, 0.4) is 0 Å². The van der Waals surface area contributed by atoms with Crippen LogP contribution in [0.1, 0.15) is 5.56 Å². The molecule has 1 N–H and O–H groups in total. The van der Waals surface area contributed by atoms with Crippen LogP contribution in [-0.2, 0) is 11.3 Å². The molecule has 25 heavy (non-hydrogen) atoms. The molecule has 2 aliphatic rings. The fraction of sp³-hybridized carbons (Fsp3) is 0.611. The SMILES string of the molecule is O=C(NCc1ccc(Cl)cc1)N1CCN(CCN2CCOCC2)CC1. The third kappa shape index (κ3) is 5.85. The lowest BCUT2D eigenvalue weighted by molar-refractivity contribution is 0.0309. The number of ether oxygens (including phenoxy) is 1. The molecule has 2 aliphatic heterocycles. The van der Waals surface area contributed by atoms with Gasteiger partial charge in [0.2, 0.25) is 0 Å². The van der Waals surface area contributed by atoms with Gasteiger partial charge in [-0.25, -0.2) is 4.79 Å². The molecule has 2 saturated heterocycles. The predicted molar refractivity (Wildman–Crippen MR) is 99.0 cm³/mol. The molecule has 2 fully saturated rings. The van der Waals surface area contributed by atoms with Crippen LogP contribution < -0.4 is 5.32 Å². The molecule has 0 bridgehead atoms. The Labute approximate surface area is 154 Å². The molecule has 6 nitrogen and oxygen atoms in total. The molecular weight excluding hydrogens is 340 g/mol.